The van der Waals surface area contributed by atoms with Crippen LogP contribution in [0.2, 0.25) is 0 Å². The number of carbonyl (C=O) groups is 1. The van der Waals surface area contributed by atoms with Crippen LogP contribution in [0.3, 0.4) is 0 Å². The number of thiophene rings is 1. The van der Waals surface area contributed by atoms with Crippen LogP contribution in [-0.2, 0) is 12.8 Å². The number of carbonyl (C=O) groups excluding carboxylic acids is 1. The summed E-state index contributed by atoms with van der Waals surface area (Å²) in [6.07, 6.45) is 7.91. The fraction of sp³-hybridized carbons (Fsp3) is 0.533. The largest absolute Gasteiger partial charge is 0.351 e. The predicted molar refractivity (Wildman–Crippen MR) is 78.9 cm³/mol. The first-order valence-electron chi connectivity index (χ1n) is 7.11. The van der Waals surface area contributed by atoms with Crippen LogP contribution in [0, 0.1) is 0 Å². The average Bonchev–Trinajstić information content (AvgIpc) is 3.00. The van der Waals surface area contributed by atoms with Crippen LogP contribution < -0.4 is 10.6 Å². The van der Waals surface area contributed by atoms with E-state index < -0.39 is 0 Å². The molecular weight excluding hydrogens is 256 g/mol. The molecule has 0 spiro atoms. The second-order valence-electron chi connectivity index (χ2n) is 5.24. The molecule has 0 radical (unpaired) electrons. The third kappa shape index (κ3) is 3.07. The molecule has 19 heavy (non-hydrogen) atoms. The standard InChI is InChI=1S/C15H20N2OS/c18-15(14-10-12-2-1-3-13(12)19-14)17-9-6-11-4-7-16-8-5-11/h4,10,16H,1-3,5-9H2,(H,17,18). The maximum Gasteiger partial charge on any atom is 0.261 e. The molecule has 3 nitrogen and oxygen atoms in total. The molecule has 3 rings (SSSR count). The highest BCUT2D eigenvalue weighted by atomic mass is 32.1. The summed E-state index contributed by atoms with van der Waals surface area (Å²) in [4.78, 5) is 14.4. The smallest absolute Gasteiger partial charge is 0.261 e. The molecule has 2 N–H and O–H groups in total. The molecule has 102 valence electrons. The van der Waals surface area contributed by atoms with Gasteiger partial charge >= 0.3 is 0 Å². The molecule has 0 saturated heterocycles. The molecule has 1 aromatic heterocycles. The molecule has 0 aromatic carbocycles. The van der Waals surface area contributed by atoms with Crippen LogP contribution in [-0.4, -0.2) is 25.5 Å². The Labute approximate surface area is 118 Å². The summed E-state index contributed by atoms with van der Waals surface area (Å²) < 4.78 is 0. The van der Waals surface area contributed by atoms with Crippen molar-refractivity contribution in [2.45, 2.75) is 32.1 Å². The van der Waals surface area contributed by atoms with E-state index in [1.807, 2.05) is 0 Å². The fourth-order valence-electron chi connectivity index (χ4n) is 2.76. The van der Waals surface area contributed by atoms with Gasteiger partial charge in [0.15, 0.2) is 0 Å². The molecule has 1 amide bonds. The average molecular weight is 276 g/mol. The second kappa shape index (κ2) is 5.88. The minimum absolute atomic E-state index is 0.105. The highest BCUT2D eigenvalue weighted by Gasteiger charge is 2.18. The van der Waals surface area contributed by atoms with Crippen molar-refractivity contribution in [3.8, 4) is 0 Å². The number of hydrogen-bond acceptors (Lipinski definition) is 3. The summed E-state index contributed by atoms with van der Waals surface area (Å²) >= 11 is 1.68. The lowest BCUT2D eigenvalue weighted by molar-refractivity contribution is 0.0958. The number of amides is 1. The lowest BCUT2D eigenvalue weighted by Gasteiger charge is -2.13. The lowest BCUT2D eigenvalue weighted by atomic mass is 10.1. The zero-order valence-electron chi connectivity index (χ0n) is 11.1. The van der Waals surface area contributed by atoms with Crippen LogP contribution in [0.5, 0.6) is 0 Å². The maximum absolute atomic E-state index is 12.1. The molecule has 0 unspecified atom stereocenters. The highest BCUT2D eigenvalue weighted by molar-refractivity contribution is 7.14. The minimum atomic E-state index is 0.105. The monoisotopic (exact) mass is 276 g/mol. The van der Waals surface area contributed by atoms with Crippen LogP contribution in [0.1, 0.15) is 39.4 Å². The van der Waals surface area contributed by atoms with Crippen molar-refractivity contribution in [2.24, 2.45) is 0 Å². The van der Waals surface area contributed by atoms with Crippen molar-refractivity contribution in [3.05, 3.63) is 33.0 Å². The van der Waals surface area contributed by atoms with E-state index in [0.717, 1.165) is 50.2 Å². The van der Waals surface area contributed by atoms with Crippen LogP contribution in [0.25, 0.3) is 0 Å². The second-order valence-corrected chi connectivity index (χ2v) is 6.37. The molecule has 2 aliphatic rings. The van der Waals surface area contributed by atoms with Gasteiger partial charge in [-0.25, -0.2) is 0 Å². The summed E-state index contributed by atoms with van der Waals surface area (Å²) in [7, 11) is 0. The van der Waals surface area contributed by atoms with Crippen molar-refractivity contribution in [1.82, 2.24) is 10.6 Å². The van der Waals surface area contributed by atoms with E-state index in [0.29, 0.717) is 0 Å². The minimum Gasteiger partial charge on any atom is -0.351 e. The summed E-state index contributed by atoms with van der Waals surface area (Å²) in [6, 6.07) is 2.09. The summed E-state index contributed by atoms with van der Waals surface area (Å²) in [5.41, 5.74) is 2.86. The van der Waals surface area contributed by atoms with Gasteiger partial charge in [0.1, 0.15) is 0 Å². The normalized spacial score (nSPS) is 18.0. The fourth-order valence-corrected chi connectivity index (χ4v) is 3.93. The Morgan fingerprint density at radius 3 is 3.11 bits per heavy atom. The molecule has 1 aromatic rings. The highest BCUT2D eigenvalue weighted by Crippen LogP contribution is 2.30. The van der Waals surface area contributed by atoms with Gasteiger partial charge < -0.3 is 10.6 Å². The van der Waals surface area contributed by atoms with Crippen LogP contribution in [0.4, 0.5) is 0 Å². The van der Waals surface area contributed by atoms with Crippen molar-refractivity contribution in [3.63, 3.8) is 0 Å². The molecule has 1 aliphatic heterocycles. The number of hydrogen-bond donors (Lipinski definition) is 2. The first-order chi connectivity index (χ1) is 9.33. The molecular formula is C15H20N2OS. The lowest BCUT2D eigenvalue weighted by Crippen LogP contribution is -2.26. The maximum atomic E-state index is 12.1. The summed E-state index contributed by atoms with van der Waals surface area (Å²) in [6.45, 7) is 2.80. The Hall–Kier alpha value is -1.13. The number of rotatable bonds is 4. The van der Waals surface area contributed by atoms with Crippen LogP contribution >= 0.6 is 11.3 Å². The van der Waals surface area contributed by atoms with E-state index in [2.05, 4.69) is 22.8 Å². The van der Waals surface area contributed by atoms with Crippen molar-refractivity contribution < 1.29 is 4.79 Å². The first kappa shape index (κ1) is 12.9. The van der Waals surface area contributed by atoms with E-state index >= 15 is 0 Å². The van der Waals surface area contributed by atoms with Gasteiger partial charge in [-0.05, 0) is 50.3 Å². The quantitative estimate of drug-likeness (QED) is 0.828. The molecule has 4 heteroatoms. The molecule has 0 atom stereocenters. The Bertz CT molecular complexity index is 483. The third-order valence-electron chi connectivity index (χ3n) is 3.86. The van der Waals surface area contributed by atoms with Gasteiger partial charge in [-0.2, -0.15) is 0 Å². The Morgan fingerprint density at radius 1 is 1.37 bits per heavy atom. The molecule has 2 heterocycles. The van der Waals surface area contributed by atoms with E-state index in [-0.39, 0.29) is 5.91 Å². The Morgan fingerprint density at radius 2 is 2.32 bits per heavy atom. The topological polar surface area (TPSA) is 41.1 Å². The van der Waals surface area contributed by atoms with Crippen molar-refractivity contribution in [2.75, 3.05) is 19.6 Å². The van der Waals surface area contributed by atoms with Gasteiger partial charge in [0, 0.05) is 18.0 Å². The molecule has 1 aliphatic carbocycles. The SMILES string of the molecule is O=C(NCCC1=CCNCC1)c1cc2c(s1)CCC2. The van der Waals surface area contributed by atoms with Gasteiger partial charge in [0.2, 0.25) is 0 Å². The summed E-state index contributed by atoms with van der Waals surface area (Å²) in [5, 5.41) is 6.34. The van der Waals surface area contributed by atoms with Gasteiger partial charge in [0.05, 0.1) is 4.88 Å². The Balaban J connectivity index is 1.49. The van der Waals surface area contributed by atoms with Gasteiger partial charge in [-0.1, -0.05) is 11.6 Å². The van der Waals surface area contributed by atoms with E-state index in [9.17, 15) is 4.79 Å². The number of aryl methyl sites for hydroxylation is 2. The first-order valence-corrected chi connectivity index (χ1v) is 7.93. The van der Waals surface area contributed by atoms with E-state index in [1.54, 1.807) is 11.3 Å². The van der Waals surface area contributed by atoms with Gasteiger partial charge in [-0.3, -0.25) is 4.79 Å². The Kier molecular flexibility index (Phi) is 3.99. The number of nitrogens with one attached hydrogen (secondary N) is 2. The van der Waals surface area contributed by atoms with Crippen molar-refractivity contribution >= 4 is 17.2 Å². The van der Waals surface area contributed by atoms with Crippen LogP contribution in [0.15, 0.2) is 17.7 Å². The van der Waals surface area contributed by atoms with Gasteiger partial charge in [-0.15, -0.1) is 11.3 Å². The van der Waals surface area contributed by atoms with E-state index in [4.69, 9.17) is 0 Å². The van der Waals surface area contributed by atoms with Gasteiger partial charge in [0.25, 0.3) is 5.91 Å². The predicted octanol–water partition coefficient (Wildman–Crippen LogP) is 2.28. The third-order valence-corrected chi connectivity index (χ3v) is 5.10. The molecule has 0 bridgehead atoms. The molecule has 0 saturated carbocycles. The summed E-state index contributed by atoms with van der Waals surface area (Å²) in [5.74, 6) is 0.105. The zero-order valence-corrected chi connectivity index (χ0v) is 11.9. The zero-order chi connectivity index (χ0) is 13.1. The van der Waals surface area contributed by atoms with E-state index in [1.165, 1.54) is 22.4 Å². The number of fused-ring (bicyclic) bond motifs is 1. The van der Waals surface area contributed by atoms with Crippen molar-refractivity contribution in [1.29, 1.82) is 0 Å². The molecule has 0 fully saturated rings.